The number of rotatable bonds is 6. The predicted molar refractivity (Wildman–Crippen MR) is 59.6 cm³/mol. The first-order valence-electron chi connectivity index (χ1n) is 5.08. The highest BCUT2D eigenvalue weighted by molar-refractivity contribution is 5.94. The first-order valence-corrected chi connectivity index (χ1v) is 5.08. The maximum absolute atomic E-state index is 11.3. The van der Waals surface area contributed by atoms with Crippen molar-refractivity contribution in [1.29, 1.82) is 0 Å². The SMILES string of the molecule is COC(=O)OC/C=C\CC(C(=O)OC)C(=O)OC. The fourth-order valence-electron chi connectivity index (χ4n) is 1.05. The molecule has 0 aromatic carbocycles. The lowest BCUT2D eigenvalue weighted by atomic mass is 10.1. The standard InChI is InChI=1S/C11H16O7/c1-15-9(12)8(10(13)16-2)6-4-5-7-18-11(14)17-3/h4-5,8H,6-7H2,1-3H3/b5-4-. The molecular weight excluding hydrogens is 244 g/mol. The third-order valence-corrected chi connectivity index (χ3v) is 1.97. The van der Waals surface area contributed by atoms with Gasteiger partial charge in [-0.1, -0.05) is 12.2 Å². The highest BCUT2D eigenvalue weighted by Gasteiger charge is 2.26. The molecule has 0 unspecified atom stereocenters. The van der Waals surface area contributed by atoms with Crippen LogP contribution in [0.2, 0.25) is 0 Å². The van der Waals surface area contributed by atoms with Gasteiger partial charge >= 0.3 is 18.1 Å². The second kappa shape index (κ2) is 9.03. The Bertz CT molecular complexity index is 305. The van der Waals surface area contributed by atoms with Crippen molar-refractivity contribution >= 4 is 18.1 Å². The quantitative estimate of drug-likeness (QED) is 0.300. The molecule has 0 saturated heterocycles. The normalized spacial score (nSPS) is 10.2. The molecular formula is C11H16O7. The summed E-state index contributed by atoms with van der Waals surface area (Å²) < 4.78 is 17.8. The summed E-state index contributed by atoms with van der Waals surface area (Å²) in [6, 6.07) is 0. The number of hydrogen-bond donors (Lipinski definition) is 0. The van der Waals surface area contributed by atoms with Crippen LogP contribution in [-0.4, -0.2) is 46.0 Å². The van der Waals surface area contributed by atoms with E-state index in [1.165, 1.54) is 33.5 Å². The van der Waals surface area contributed by atoms with Crippen molar-refractivity contribution in [2.75, 3.05) is 27.9 Å². The molecule has 0 fully saturated rings. The van der Waals surface area contributed by atoms with Crippen molar-refractivity contribution in [2.24, 2.45) is 5.92 Å². The number of hydrogen-bond acceptors (Lipinski definition) is 7. The summed E-state index contributed by atoms with van der Waals surface area (Å²) in [6.45, 7) is -0.0122. The average Bonchev–Trinajstić information content (AvgIpc) is 2.40. The molecule has 0 spiro atoms. The Morgan fingerprint density at radius 2 is 1.50 bits per heavy atom. The van der Waals surface area contributed by atoms with E-state index >= 15 is 0 Å². The molecule has 0 aromatic heterocycles. The Labute approximate surface area is 105 Å². The van der Waals surface area contributed by atoms with Gasteiger partial charge in [0.2, 0.25) is 0 Å². The van der Waals surface area contributed by atoms with E-state index in [2.05, 4.69) is 18.9 Å². The zero-order chi connectivity index (χ0) is 14.0. The maximum atomic E-state index is 11.3. The molecule has 0 N–H and O–H groups in total. The van der Waals surface area contributed by atoms with Gasteiger partial charge in [0, 0.05) is 0 Å². The molecule has 0 atom stereocenters. The Balaban J connectivity index is 4.18. The summed E-state index contributed by atoms with van der Waals surface area (Å²) in [5.41, 5.74) is 0. The van der Waals surface area contributed by atoms with Crippen LogP contribution in [0.15, 0.2) is 12.2 Å². The third-order valence-electron chi connectivity index (χ3n) is 1.97. The Kier molecular flexibility index (Phi) is 8.00. The number of carbonyl (C=O) groups excluding carboxylic acids is 3. The molecule has 0 heterocycles. The van der Waals surface area contributed by atoms with Crippen LogP contribution < -0.4 is 0 Å². The van der Waals surface area contributed by atoms with Crippen LogP contribution >= 0.6 is 0 Å². The smallest absolute Gasteiger partial charge is 0.468 e. The van der Waals surface area contributed by atoms with Gasteiger partial charge in [-0.15, -0.1) is 0 Å². The van der Waals surface area contributed by atoms with Crippen molar-refractivity contribution in [3.63, 3.8) is 0 Å². The van der Waals surface area contributed by atoms with Crippen molar-refractivity contribution in [2.45, 2.75) is 6.42 Å². The van der Waals surface area contributed by atoms with Crippen LogP contribution in [-0.2, 0) is 28.5 Å². The van der Waals surface area contributed by atoms with Gasteiger partial charge in [0.25, 0.3) is 0 Å². The summed E-state index contributed by atoms with van der Waals surface area (Å²) in [4.78, 5) is 33.1. The van der Waals surface area contributed by atoms with E-state index in [1.54, 1.807) is 0 Å². The van der Waals surface area contributed by atoms with E-state index in [9.17, 15) is 14.4 Å². The Hall–Kier alpha value is -2.05. The summed E-state index contributed by atoms with van der Waals surface area (Å²) >= 11 is 0. The Morgan fingerprint density at radius 1 is 0.944 bits per heavy atom. The molecule has 7 heteroatoms. The highest BCUT2D eigenvalue weighted by atomic mass is 16.7. The van der Waals surface area contributed by atoms with E-state index in [1.807, 2.05) is 0 Å². The van der Waals surface area contributed by atoms with Crippen LogP contribution in [0.5, 0.6) is 0 Å². The van der Waals surface area contributed by atoms with Gasteiger partial charge in [-0.25, -0.2) is 4.79 Å². The number of ether oxygens (including phenoxy) is 4. The van der Waals surface area contributed by atoms with Gasteiger partial charge in [-0.3, -0.25) is 9.59 Å². The molecule has 0 amide bonds. The molecule has 0 radical (unpaired) electrons. The van der Waals surface area contributed by atoms with Gasteiger partial charge in [0.05, 0.1) is 21.3 Å². The van der Waals surface area contributed by atoms with Gasteiger partial charge in [0.15, 0.2) is 5.92 Å². The molecule has 0 aromatic rings. The highest BCUT2D eigenvalue weighted by Crippen LogP contribution is 2.08. The van der Waals surface area contributed by atoms with Crippen LogP contribution in [0.3, 0.4) is 0 Å². The molecule has 0 aliphatic rings. The van der Waals surface area contributed by atoms with Crippen LogP contribution in [0, 0.1) is 5.92 Å². The van der Waals surface area contributed by atoms with Crippen molar-refractivity contribution in [3.05, 3.63) is 12.2 Å². The van der Waals surface area contributed by atoms with Crippen molar-refractivity contribution < 1.29 is 33.3 Å². The minimum atomic E-state index is -1.02. The number of esters is 2. The van der Waals surface area contributed by atoms with E-state index in [0.29, 0.717) is 0 Å². The first kappa shape index (κ1) is 16.0. The van der Waals surface area contributed by atoms with E-state index in [0.717, 1.165) is 0 Å². The van der Waals surface area contributed by atoms with E-state index in [-0.39, 0.29) is 13.0 Å². The van der Waals surface area contributed by atoms with E-state index < -0.39 is 24.0 Å². The Morgan fingerprint density at radius 3 is 1.94 bits per heavy atom. The monoisotopic (exact) mass is 260 g/mol. The molecule has 102 valence electrons. The number of methoxy groups -OCH3 is 3. The van der Waals surface area contributed by atoms with Gasteiger partial charge in [0.1, 0.15) is 6.61 Å². The fourth-order valence-corrected chi connectivity index (χ4v) is 1.05. The average molecular weight is 260 g/mol. The van der Waals surface area contributed by atoms with Crippen molar-refractivity contribution in [1.82, 2.24) is 0 Å². The predicted octanol–water partition coefficient (Wildman–Crippen LogP) is 0.678. The van der Waals surface area contributed by atoms with Crippen LogP contribution in [0.1, 0.15) is 6.42 Å². The minimum absolute atomic E-state index is 0.0122. The molecule has 0 aliphatic heterocycles. The second-order valence-electron chi connectivity index (χ2n) is 3.07. The zero-order valence-electron chi connectivity index (χ0n) is 10.5. The number of carbonyl (C=O) groups is 3. The van der Waals surface area contributed by atoms with Crippen molar-refractivity contribution in [3.8, 4) is 0 Å². The van der Waals surface area contributed by atoms with Crippen LogP contribution in [0.25, 0.3) is 0 Å². The zero-order valence-corrected chi connectivity index (χ0v) is 10.5. The number of allylic oxidation sites excluding steroid dienone is 1. The molecule has 0 bridgehead atoms. The van der Waals surface area contributed by atoms with Crippen LogP contribution in [0.4, 0.5) is 4.79 Å². The van der Waals surface area contributed by atoms with Gasteiger partial charge in [-0.05, 0) is 6.42 Å². The van der Waals surface area contributed by atoms with Gasteiger partial charge in [-0.2, -0.15) is 0 Å². The molecule has 18 heavy (non-hydrogen) atoms. The van der Waals surface area contributed by atoms with E-state index in [4.69, 9.17) is 0 Å². The summed E-state index contributed by atoms with van der Waals surface area (Å²) in [7, 11) is 3.56. The lowest BCUT2D eigenvalue weighted by molar-refractivity contribution is -0.158. The minimum Gasteiger partial charge on any atom is -0.468 e. The molecule has 0 saturated carbocycles. The summed E-state index contributed by atoms with van der Waals surface area (Å²) in [6.07, 6.45) is 2.29. The largest absolute Gasteiger partial charge is 0.508 e. The van der Waals surface area contributed by atoms with Gasteiger partial charge < -0.3 is 18.9 Å². The molecule has 0 rings (SSSR count). The lowest BCUT2D eigenvalue weighted by Gasteiger charge is -2.09. The maximum Gasteiger partial charge on any atom is 0.508 e. The third kappa shape index (κ3) is 5.88. The molecule has 0 aliphatic carbocycles. The first-order chi connectivity index (χ1) is 8.56. The summed E-state index contributed by atoms with van der Waals surface area (Å²) in [5.74, 6) is -2.38. The lowest BCUT2D eigenvalue weighted by Crippen LogP contribution is -2.25. The second-order valence-corrected chi connectivity index (χ2v) is 3.07. The topological polar surface area (TPSA) is 88.1 Å². The fraction of sp³-hybridized carbons (Fsp3) is 0.545. The summed E-state index contributed by atoms with van der Waals surface area (Å²) in [5, 5.41) is 0. The molecule has 7 nitrogen and oxygen atoms in total.